The van der Waals surface area contributed by atoms with Crippen LogP contribution in [0, 0.1) is 5.92 Å². The maximum atomic E-state index is 11.5. The van der Waals surface area contributed by atoms with E-state index in [0.29, 0.717) is 11.5 Å². The normalized spacial score (nSPS) is 13.9. The molecule has 1 aliphatic heterocycles. The highest BCUT2D eigenvalue weighted by molar-refractivity contribution is 5.78. The molecule has 2 rings (SSSR count). The topological polar surface area (TPSA) is 84.9 Å². The fraction of sp³-hybridized carbons (Fsp3) is 0.385. The van der Waals surface area contributed by atoms with Gasteiger partial charge in [0.05, 0.1) is 13.0 Å². The number of hydrogen-bond donors (Lipinski definition) is 0. The largest absolute Gasteiger partial charge is 0.550 e. The van der Waals surface area contributed by atoms with E-state index in [1.54, 1.807) is 18.2 Å². The number of carboxylic acid groups (broad SMARTS) is 1. The summed E-state index contributed by atoms with van der Waals surface area (Å²) in [5.74, 6) is -1.39. The van der Waals surface area contributed by atoms with E-state index in [1.165, 1.54) is 7.11 Å². The molecule has 6 nitrogen and oxygen atoms in total. The smallest absolute Gasteiger partial charge is 0.309 e. The van der Waals surface area contributed by atoms with Gasteiger partial charge in [0.15, 0.2) is 11.5 Å². The summed E-state index contributed by atoms with van der Waals surface area (Å²) in [7, 11) is 1.23. The number of ether oxygens (including phenoxy) is 3. The number of aliphatic carboxylic acids is 1. The summed E-state index contributed by atoms with van der Waals surface area (Å²) in [4.78, 5) is 22.2. The predicted molar refractivity (Wildman–Crippen MR) is 61.4 cm³/mol. The number of methoxy groups -OCH3 is 1. The Morgan fingerprint density at radius 2 is 2.11 bits per heavy atom. The Kier molecular flexibility index (Phi) is 3.89. The number of hydrogen-bond acceptors (Lipinski definition) is 6. The van der Waals surface area contributed by atoms with Gasteiger partial charge in [0.25, 0.3) is 0 Å². The van der Waals surface area contributed by atoms with Crippen LogP contribution < -0.4 is 14.6 Å². The van der Waals surface area contributed by atoms with Gasteiger partial charge in [-0.25, -0.2) is 0 Å². The van der Waals surface area contributed by atoms with Gasteiger partial charge in [-0.3, -0.25) is 4.79 Å². The number of fused-ring (bicyclic) bond motifs is 1. The number of carboxylic acids is 1. The Morgan fingerprint density at radius 3 is 2.79 bits per heavy atom. The minimum absolute atomic E-state index is 0.165. The van der Waals surface area contributed by atoms with E-state index in [4.69, 9.17) is 9.47 Å². The fourth-order valence-electron chi connectivity index (χ4n) is 1.96. The van der Waals surface area contributed by atoms with E-state index in [9.17, 15) is 14.7 Å². The first-order chi connectivity index (χ1) is 9.10. The van der Waals surface area contributed by atoms with Crippen molar-refractivity contribution in [2.24, 2.45) is 5.92 Å². The van der Waals surface area contributed by atoms with Gasteiger partial charge in [-0.1, -0.05) is 6.07 Å². The minimum atomic E-state index is -1.28. The monoisotopic (exact) mass is 265 g/mol. The number of benzene rings is 1. The summed E-state index contributed by atoms with van der Waals surface area (Å²) < 4.78 is 15.0. The lowest BCUT2D eigenvalue weighted by Crippen LogP contribution is -2.30. The van der Waals surface area contributed by atoms with Gasteiger partial charge >= 0.3 is 5.97 Å². The van der Waals surface area contributed by atoms with Gasteiger partial charge in [0.1, 0.15) is 0 Å². The van der Waals surface area contributed by atoms with E-state index < -0.39 is 17.9 Å². The molecule has 1 heterocycles. The molecule has 0 bridgehead atoms. The minimum Gasteiger partial charge on any atom is -0.550 e. The third-order valence-corrected chi connectivity index (χ3v) is 2.87. The molecular weight excluding hydrogens is 252 g/mol. The van der Waals surface area contributed by atoms with E-state index in [1.807, 2.05) is 0 Å². The van der Waals surface area contributed by atoms with Crippen LogP contribution in [0.4, 0.5) is 0 Å². The number of carbonyl (C=O) groups excluding carboxylic acids is 2. The Labute approximate surface area is 109 Å². The summed E-state index contributed by atoms with van der Waals surface area (Å²) in [5, 5.41) is 10.6. The molecule has 0 fully saturated rings. The van der Waals surface area contributed by atoms with Gasteiger partial charge in [-0.2, -0.15) is 0 Å². The van der Waals surface area contributed by atoms with Gasteiger partial charge in [-0.15, -0.1) is 0 Å². The average molecular weight is 265 g/mol. The zero-order valence-corrected chi connectivity index (χ0v) is 10.4. The average Bonchev–Trinajstić information content (AvgIpc) is 2.84. The van der Waals surface area contributed by atoms with Crippen LogP contribution in [-0.2, 0) is 20.7 Å². The molecule has 0 aromatic heterocycles. The Hall–Kier alpha value is -2.24. The van der Waals surface area contributed by atoms with Crippen LogP contribution in [0.25, 0.3) is 0 Å². The highest BCUT2D eigenvalue weighted by atomic mass is 16.7. The zero-order chi connectivity index (χ0) is 13.8. The summed E-state index contributed by atoms with van der Waals surface area (Å²) >= 11 is 0. The van der Waals surface area contributed by atoms with Crippen molar-refractivity contribution in [3.63, 3.8) is 0 Å². The van der Waals surface area contributed by atoms with Crippen LogP contribution >= 0.6 is 0 Å². The molecule has 0 saturated carbocycles. The van der Waals surface area contributed by atoms with E-state index in [2.05, 4.69) is 4.74 Å². The second kappa shape index (κ2) is 5.60. The van der Waals surface area contributed by atoms with E-state index in [-0.39, 0.29) is 19.6 Å². The second-order valence-electron chi connectivity index (χ2n) is 4.19. The van der Waals surface area contributed by atoms with Crippen molar-refractivity contribution in [1.29, 1.82) is 0 Å². The molecule has 1 aromatic rings. The van der Waals surface area contributed by atoms with Crippen LogP contribution in [0.1, 0.15) is 12.0 Å². The predicted octanol–water partition coefficient (Wildman–Crippen LogP) is -0.113. The number of rotatable bonds is 5. The maximum absolute atomic E-state index is 11.5. The van der Waals surface area contributed by atoms with Gasteiger partial charge in [0.2, 0.25) is 6.79 Å². The highest BCUT2D eigenvalue weighted by Crippen LogP contribution is 2.33. The van der Waals surface area contributed by atoms with E-state index in [0.717, 1.165) is 5.56 Å². The van der Waals surface area contributed by atoms with Crippen LogP contribution in [0.2, 0.25) is 0 Å². The standard InChI is InChI=1S/C13H14O6/c1-17-13(16)9(6-12(14)15)4-8-2-3-10-11(5-8)19-7-18-10/h2-3,5,9H,4,6-7H2,1H3,(H,14,15)/p-1/t9-/m1/s1. The molecule has 0 radical (unpaired) electrons. The van der Waals surface area contributed by atoms with Crippen molar-refractivity contribution < 1.29 is 28.9 Å². The molecule has 6 heteroatoms. The van der Waals surface area contributed by atoms with Crippen LogP contribution in [0.5, 0.6) is 11.5 Å². The first-order valence-electron chi connectivity index (χ1n) is 5.76. The molecular formula is C13H13O6-. The maximum Gasteiger partial charge on any atom is 0.309 e. The summed E-state index contributed by atoms with van der Waals surface area (Å²) in [5.41, 5.74) is 0.779. The number of carbonyl (C=O) groups is 2. The lowest BCUT2D eigenvalue weighted by atomic mass is 9.96. The third kappa shape index (κ3) is 3.15. The Balaban J connectivity index is 2.12. The molecule has 0 N–H and O–H groups in total. The molecule has 0 amide bonds. The molecule has 1 aromatic carbocycles. The summed E-state index contributed by atoms with van der Waals surface area (Å²) in [6, 6.07) is 5.22. The quantitative estimate of drug-likeness (QED) is 0.690. The first kappa shape index (κ1) is 13.2. The lowest BCUT2D eigenvalue weighted by Gasteiger charge is -2.15. The van der Waals surface area contributed by atoms with Crippen molar-refractivity contribution in [3.05, 3.63) is 23.8 Å². The summed E-state index contributed by atoms with van der Waals surface area (Å²) in [6.07, 6.45) is -0.127. The highest BCUT2D eigenvalue weighted by Gasteiger charge is 2.21. The van der Waals surface area contributed by atoms with Crippen molar-refractivity contribution >= 4 is 11.9 Å². The molecule has 1 aliphatic rings. The Bertz CT molecular complexity index is 496. The zero-order valence-electron chi connectivity index (χ0n) is 10.4. The van der Waals surface area contributed by atoms with Crippen LogP contribution in [0.3, 0.4) is 0 Å². The van der Waals surface area contributed by atoms with Gasteiger partial charge < -0.3 is 24.1 Å². The molecule has 0 spiro atoms. The SMILES string of the molecule is COC(=O)[C@@H](CC(=O)[O-])Cc1ccc2c(c1)OCO2. The van der Waals surface area contributed by atoms with E-state index >= 15 is 0 Å². The molecule has 0 aliphatic carbocycles. The van der Waals surface area contributed by atoms with Gasteiger partial charge in [0, 0.05) is 12.4 Å². The van der Waals surface area contributed by atoms with Crippen molar-refractivity contribution in [2.45, 2.75) is 12.8 Å². The van der Waals surface area contributed by atoms with Crippen molar-refractivity contribution in [1.82, 2.24) is 0 Å². The molecule has 0 unspecified atom stereocenters. The van der Waals surface area contributed by atoms with Crippen molar-refractivity contribution in [3.8, 4) is 11.5 Å². The fourth-order valence-corrected chi connectivity index (χ4v) is 1.96. The van der Waals surface area contributed by atoms with Crippen molar-refractivity contribution in [2.75, 3.05) is 13.9 Å². The van der Waals surface area contributed by atoms with Crippen LogP contribution in [0.15, 0.2) is 18.2 Å². The van der Waals surface area contributed by atoms with Gasteiger partial charge in [-0.05, 0) is 24.1 Å². The van der Waals surface area contributed by atoms with Crippen LogP contribution in [-0.4, -0.2) is 25.8 Å². The molecule has 1 atom stereocenters. The Morgan fingerprint density at radius 1 is 1.37 bits per heavy atom. The molecule has 19 heavy (non-hydrogen) atoms. The number of esters is 1. The first-order valence-corrected chi connectivity index (χ1v) is 5.76. The lowest BCUT2D eigenvalue weighted by molar-refractivity contribution is -0.306. The molecule has 102 valence electrons. The summed E-state index contributed by atoms with van der Waals surface area (Å²) in [6.45, 7) is 0.165. The second-order valence-corrected chi connectivity index (χ2v) is 4.19. The third-order valence-electron chi connectivity index (χ3n) is 2.87. The molecule has 0 saturated heterocycles.